The van der Waals surface area contributed by atoms with Crippen LogP contribution in [0, 0.1) is 0 Å². The summed E-state index contributed by atoms with van der Waals surface area (Å²) in [5, 5.41) is 13.6. The molecule has 0 bridgehead atoms. The first kappa shape index (κ1) is 23.9. The van der Waals surface area contributed by atoms with Crippen LogP contribution >= 0.6 is 0 Å². The van der Waals surface area contributed by atoms with Gasteiger partial charge in [-0.1, -0.05) is 101 Å². The van der Waals surface area contributed by atoms with Gasteiger partial charge in [0.05, 0.1) is 12.6 Å². The van der Waals surface area contributed by atoms with Gasteiger partial charge < -0.3 is 10.4 Å². The maximum Gasteiger partial charge on any atom is 0.0626 e. The zero-order chi connectivity index (χ0) is 19.6. The highest BCUT2D eigenvalue weighted by molar-refractivity contribution is 5.19. The largest absolute Gasteiger partial charge is 0.394 e. The first-order chi connectivity index (χ1) is 13.3. The molecule has 0 aliphatic heterocycles. The normalized spacial score (nSPS) is 13.4. The predicted octanol–water partition coefficient (Wildman–Crippen LogP) is 6.96. The molecule has 2 nitrogen and oxygen atoms in total. The Morgan fingerprint density at radius 1 is 0.889 bits per heavy atom. The Kier molecular flexibility index (Phi) is 15.1. The van der Waals surface area contributed by atoms with Crippen LogP contribution in [0.15, 0.2) is 43.0 Å². The number of rotatable bonds is 18. The van der Waals surface area contributed by atoms with E-state index in [1.807, 2.05) is 24.3 Å². The fourth-order valence-corrected chi connectivity index (χ4v) is 3.75. The van der Waals surface area contributed by atoms with Gasteiger partial charge in [0.25, 0.3) is 0 Å². The average molecular weight is 374 g/mol. The van der Waals surface area contributed by atoms with E-state index in [0.717, 1.165) is 12.8 Å². The smallest absolute Gasteiger partial charge is 0.0626 e. The third-order valence-electron chi connectivity index (χ3n) is 5.44. The highest BCUT2D eigenvalue weighted by Gasteiger charge is 2.16. The van der Waals surface area contributed by atoms with Gasteiger partial charge in [0.2, 0.25) is 0 Å². The Balaban J connectivity index is 2.32. The van der Waals surface area contributed by atoms with Crippen molar-refractivity contribution < 1.29 is 5.11 Å². The lowest BCUT2D eigenvalue weighted by Gasteiger charge is -2.25. The van der Waals surface area contributed by atoms with Gasteiger partial charge in [0, 0.05) is 6.04 Å². The molecule has 2 N–H and O–H groups in total. The Morgan fingerprint density at radius 2 is 1.48 bits per heavy atom. The number of hydrogen-bond acceptors (Lipinski definition) is 2. The van der Waals surface area contributed by atoms with Gasteiger partial charge in [-0.25, -0.2) is 0 Å². The van der Waals surface area contributed by atoms with Gasteiger partial charge in [-0.2, -0.15) is 0 Å². The summed E-state index contributed by atoms with van der Waals surface area (Å²) < 4.78 is 0. The molecule has 0 aliphatic carbocycles. The number of benzene rings is 1. The van der Waals surface area contributed by atoms with Gasteiger partial charge in [-0.05, 0) is 31.2 Å². The van der Waals surface area contributed by atoms with E-state index < -0.39 is 0 Å². The SMILES string of the molecule is C=CCCC[C@H](CCCCCCCCCCC)N[C@@H](CO)c1ccccc1. The summed E-state index contributed by atoms with van der Waals surface area (Å²) >= 11 is 0. The zero-order valence-electron chi connectivity index (χ0n) is 17.7. The highest BCUT2D eigenvalue weighted by Crippen LogP contribution is 2.18. The standard InChI is InChI=1S/C25H43NO/c1-3-5-7-8-9-10-11-12-17-21-24(20-14-6-4-2)26-25(22-27)23-18-15-13-16-19-23/h4,13,15-16,18-19,24-27H,2-3,5-12,14,17,20-22H2,1H3/t24-,25+/m1/s1. The Hall–Kier alpha value is -1.12. The molecular formula is C25H43NO. The molecule has 1 aromatic rings. The lowest BCUT2D eigenvalue weighted by atomic mass is 9.98. The van der Waals surface area contributed by atoms with E-state index >= 15 is 0 Å². The third-order valence-corrected chi connectivity index (χ3v) is 5.44. The molecule has 0 radical (unpaired) electrons. The minimum Gasteiger partial charge on any atom is -0.394 e. The van der Waals surface area contributed by atoms with Gasteiger partial charge in [0.1, 0.15) is 0 Å². The van der Waals surface area contributed by atoms with Crippen LogP contribution < -0.4 is 5.32 Å². The van der Waals surface area contributed by atoms with E-state index in [4.69, 9.17) is 0 Å². The van der Waals surface area contributed by atoms with Crippen molar-refractivity contribution >= 4 is 0 Å². The topological polar surface area (TPSA) is 32.3 Å². The maximum absolute atomic E-state index is 9.85. The summed E-state index contributed by atoms with van der Waals surface area (Å²) in [5.74, 6) is 0. The second kappa shape index (κ2) is 17.0. The molecule has 0 aromatic heterocycles. The maximum atomic E-state index is 9.85. The summed E-state index contributed by atoms with van der Waals surface area (Å²) in [5.41, 5.74) is 1.18. The van der Waals surface area contributed by atoms with E-state index in [9.17, 15) is 5.11 Å². The third kappa shape index (κ3) is 12.0. The van der Waals surface area contributed by atoms with E-state index in [0.29, 0.717) is 6.04 Å². The van der Waals surface area contributed by atoms with E-state index in [2.05, 4.69) is 31.0 Å². The monoisotopic (exact) mass is 373 g/mol. The highest BCUT2D eigenvalue weighted by atomic mass is 16.3. The molecule has 0 unspecified atom stereocenters. The van der Waals surface area contributed by atoms with Crippen LogP contribution in [-0.4, -0.2) is 17.8 Å². The van der Waals surface area contributed by atoms with Gasteiger partial charge in [-0.3, -0.25) is 0 Å². The van der Waals surface area contributed by atoms with Crippen molar-refractivity contribution in [1.82, 2.24) is 5.32 Å². The molecule has 0 fully saturated rings. The molecule has 154 valence electrons. The lowest BCUT2D eigenvalue weighted by molar-refractivity contribution is 0.226. The predicted molar refractivity (Wildman–Crippen MR) is 119 cm³/mol. The Morgan fingerprint density at radius 3 is 2.07 bits per heavy atom. The van der Waals surface area contributed by atoms with Crippen LogP contribution in [0.25, 0.3) is 0 Å². The molecule has 1 aromatic carbocycles. The molecular weight excluding hydrogens is 330 g/mol. The number of nitrogens with one attached hydrogen (secondary N) is 1. The Labute approximate surface area is 168 Å². The molecule has 2 heteroatoms. The second-order valence-corrected chi connectivity index (χ2v) is 7.85. The van der Waals surface area contributed by atoms with Crippen molar-refractivity contribution in [3.63, 3.8) is 0 Å². The number of aliphatic hydroxyl groups is 1. The zero-order valence-corrected chi connectivity index (χ0v) is 17.7. The fourth-order valence-electron chi connectivity index (χ4n) is 3.75. The molecule has 0 spiro atoms. The number of unbranched alkanes of at least 4 members (excludes halogenated alkanes) is 9. The van der Waals surface area contributed by atoms with Crippen LogP contribution in [0.2, 0.25) is 0 Å². The van der Waals surface area contributed by atoms with Gasteiger partial charge in [-0.15, -0.1) is 6.58 Å². The minimum absolute atomic E-state index is 0.0403. The minimum atomic E-state index is 0.0403. The number of allylic oxidation sites excluding steroid dienone is 1. The first-order valence-electron chi connectivity index (χ1n) is 11.3. The summed E-state index contributed by atoms with van der Waals surface area (Å²) in [6.45, 7) is 6.27. The van der Waals surface area contributed by atoms with Crippen molar-refractivity contribution in [3.8, 4) is 0 Å². The fraction of sp³-hybridized carbons (Fsp3) is 0.680. The Bertz CT molecular complexity index is 445. The van der Waals surface area contributed by atoms with Crippen LogP contribution in [0.1, 0.15) is 102 Å². The molecule has 0 heterocycles. The number of aliphatic hydroxyl groups excluding tert-OH is 1. The molecule has 0 saturated carbocycles. The summed E-state index contributed by atoms with van der Waals surface area (Å²) in [6, 6.07) is 10.9. The van der Waals surface area contributed by atoms with Gasteiger partial charge in [0.15, 0.2) is 0 Å². The van der Waals surface area contributed by atoms with Crippen molar-refractivity contribution in [2.75, 3.05) is 6.61 Å². The molecule has 0 amide bonds. The van der Waals surface area contributed by atoms with Crippen LogP contribution in [0.3, 0.4) is 0 Å². The summed E-state index contributed by atoms with van der Waals surface area (Å²) in [7, 11) is 0. The average Bonchev–Trinajstić information content (AvgIpc) is 2.71. The van der Waals surface area contributed by atoms with Crippen molar-refractivity contribution in [2.24, 2.45) is 0 Å². The first-order valence-corrected chi connectivity index (χ1v) is 11.3. The van der Waals surface area contributed by atoms with Crippen LogP contribution in [0.4, 0.5) is 0 Å². The van der Waals surface area contributed by atoms with E-state index in [1.165, 1.54) is 76.2 Å². The molecule has 1 rings (SSSR count). The molecule has 2 atom stereocenters. The van der Waals surface area contributed by atoms with Crippen molar-refractivity contribution in [3.05, 3.63) is 48.6 Å². The van der Waals surface area contributed by atoms with Crippen molar-refractivity contribution in [2.45, 2.75) is 102 Å². The summed E-state index contributed by atoms with van der Waals surface area (Å²) in [6.07, 6.45) is 19.0. The van der Waals surface area contributed by atoms with E-state index in [-0.39, 0.29) is 12.6 Å². The second-order valence-electron chi connectivity index (χ2n) is 7.85. The molecule has 0 aliphatic rings. The summed E-state index contributed by atoms with van der Waals surface area (Å²) in [4.78, 5) is 0. The molecule has 27 heavy (non-hydrogen) atoms. The quantitative estimate of drug-likeness (QED) is 0.215. The lowest BCUT2D eigenvalue weighted by Crippen LogP contribution is -2.34. The van der Waals surface area contributed by atoms with E-state index in [1.54, 1.807) is 0 Å². The van der Waals surface area contributed by atoms with Crippen LogP contribution in [-0.2, 0) is 0 Å². The van der Waals surface area contributed by atoms with Gasteiger partial charge >= 0.3 is 0 Å². The van der Waals surface area contributed by atoms with Crippen LogP contribution in [0.5, 0.6) is 0 Å². The molecule has 0 saturated heterocycles. The van der Waals surface area contributed by atoms with Crippen molar-refractivity contribution in [1.29, 1.82) is 0 Å². The number of hydrogen-bond donors (Lipinski definition) is 2.